The van der Waals surface area contributed by atoms with Crippen LogP contribution in [0.1, 0.15) is 42.9 Å². The highest BCUT2D eigenvalue weighted by molar-refractivity contribution is 9.10. The number of carbonyl (C=O) groups is 2. The van der Waals surface area contributed by atoms with E-state index in [0.29, 0.717) is 5.75 Å². The van der Waals surface area contributed by atoms with Gasteiger partial charge in [0.1, 0.15) is 11.5 Å². The second kappa shape index (κ2) is 8.64. The number of esters is 1. The predicted molar refractivity (Wildman–Crippen MR) is 102 cm³/mol. The van der Waals surface area contributed by atoms with E-state index in [-0.39, 0.29) is 18.1 Å². The highest BCUT2D eigenvalue weighted by Gasteiger charge is 2.18. The van der Waals surface area contributed by atoms with E-state index < -0.39 is 5.97 Å². The summed E-state index contributed by atoms with van der Waals surface area (Å²) >= 11 is 3.39. The number of rotatable bonds is 4. The molecule has 0 amide bonds. The molecule has 0 N–H and O–H groups in total. The molecule has 1 atom stereocenters. The van der Waals surface area contributed by atoms with Gasteiger partial charge in [-0.3, -0.25) is 9.59 Å². The van der Waals surface area contributed by atoms with Crippen molar-refractivity contribution >= 4 is 27.7 Å². The largest absolute Gasteiger partial charge is 0.426 e. The van der Waals surface area contributed by atoms with Crippen molar-refractivity contribution in [1.82, 2.24) is 0 Å². The van der Waals surface area contributed by atoms with Crippen LogP contribution in [-0.2, 0) is 9.59 Å². The summed E-state index contributed by atoms with van der Waals surface area (Å²) < 4.78 is 6.29. The minimum Gasteiger partial charge on any atom is -0.426 e. The fraction of sp³-hybridized carbons (Fsp3) is 0.238. The van der Waals surface area contributed by atoms with Crippen LogP contribution in [-0.4, -0.2) is 11.8 Å². The van der Waals surface area contributed by atoms with Gasteiger partial charge in [-0.15, -0.1) is 0 Å². The highest BCUT2D eigenvalue weighted by Crippen LogP contribution is 2.30. The Morgan fingerprint density at radius 2 is 1.80 bits per heavy atom. The van der Waals surface area contributed by atoms with Crippen LogP contribution in [0.5, 0.6) is 5.75 Å². The molecule has 3 nitrogen and oxygen atoms in total. The monoisotopic (exact) mass is 398 g/mol. The molecule has 0 aliphatic carbocycles. The van der Waals surface area contributed by atoms with Gasteiger partial charge >= 0.3 is 5.97 Å². The molecule has 0 aliphatic rings. The summed E-state index contributed by atoms with van der Waals surface area (Å²) in [5, 5.41) is 0. The fourth-order valence-corrected chi connectivity index (χ4v) is 2.68. The van der Waals surface area contributed by atoms with Gasteiger partial charge in [0.05, 0.1) is 5.92 Å². The zero-order valence-corrected chi connectivity index (χ0v) is 16.0. The van der Waals surface area contributed by atoms with E-state index >= 15 is 0 Å². The van der Waals surface area contributed by atoms with Crippen molar-refractivity contribution in [3.8, 4) is 17.6 Å². The quantitative estimate of drug-likeness (QED) is 0.422. The average molecular weight is 399 g/mol. The number of benzene rings is 2. The zero-order valence-electron chi connectivity index (χ0n) is 14.4. The second-order valence-electron chi connectivity index (χ2n) is 5.87. The lowest BCUT2D eigenvalue weighted by atomic mass is 9.92. The molecule has 4 heteroatoms. The van der Waals surface area contributed by atoms with Gasteiger partial charge in [-0.05, 0) is 44.2 Å². The lowest BCUT2D eigenvalue weighted by molar-refractivity contribution is -0.131. The van der Waals surface area contributed by atoms with E-state index in [1.54, 1.807) is 6.07 Å². The molecule has 0 bridgehead atoms. The van der Waals surface area contributed by atoms with Crippen molar-refractivity contribution in [3.05, 3.63) is 63.6 Å². The molecule has 0 spiro atoms. The van der Waals surface area contributed by atoms with Crippen LogP contribution in [0.4, 0.5) is 0 Å². The number of aryl methyl sites for hydroxylation is 1. The van der Waals surface area contributed by atoms with Gasteiger partial charge in [-0.25, -0.2) is 0 Å². The number of Topliss-reactive ketones (excluding diaryl/α,β-unsaturated/α-hetero) is 1. The Hall–Kier alpha value is -2.38. The lowest BCUT2D eigenvalue weighted by Gasteiger charge is -2.15. The molecule has 0 radical (unpaired) electrons. The third-order valence-electron chi connectivity index (χ3n) is 3.52. The first-order valence-corrected chi connectivity index (χ1v) is 8.70. The summed E-state index contributed by atoms with van der Waals surface area (Å²) in [5.74, 6) is 6.03. The van der Waals surface area contributed by atoms with Crippen molar-refractivity contribution in [2.24, 2.45) is 0 Å². The van der Waals surface area contributed by atoms with Gasteiger partial charge in [-0.2, -0.15) is 0 Å². The Bertz CT molecular complexity index is 842. The summed E-state index contributed by atoms with van der Waals surface area (Å²) in [7, 11) is 0. The molecule has 0 saturated carbocycles. The van der Waals surface area contributed by atoms with Crippen LogP contribution >= 0.6 is 15.9 Å². The average Bonchev–Trinajstić information content (AvgIpc) is 2.54. The van der Waals surface area contributed by atoms with Crippen molar-refractivity contribution < 1.29 is 14.3 Å². The SMILES string of the molecule is CC(=O)CC(C#Cc1ccc(Br)cc1)c1cc(C)ccc1OC(C)=O. The van der Waals surface area contributed by atoms with Gasteiger partial charge in [-0.1, -0.05) is 45.5 Å². The molecule has 2 aromatic rings. The van der Waals surface area contributed by atoms with Gasteiger partial charge in [0, 0.05) is 28.9 Å². The van der Waals surface area contributed by atoms with Crippen LogP contribution in [0, 0.1) is 18.8 Å². The Morgan fingerprint density at radius 1 is 1.12 bits per heavy atom. The standard InChI is InChI=1S/C21H19BrO3/c1-14-4-11-21(25-16(3)24)20(12-14)18(13-15(2)23)8-5-17-6-9-19(22)10-7-17/h4,6-7,9-12,18H,13H2,1-3H3. The number of ether oxygens (including phenoxy) is 1. The van der Waals surface area contributed by atoms with Crippen molar-refractivity contribution in [2.45, 2.75) is 33.1 Å². The Balaban J connectivity index is 2.44. The van der Waals surface area contributed by atoms with E-state index in [1.165, 1.54) is 13.8 Å². The van der Waals surface area contributed by atoms with E-state index in [0.717, 1.165) is 21.2 Å². The summed E-state index contributed by atoms with van der Waals surface area (Å²) in [6.45, 7) is 4.85. The first-order chi connectivity index (χ1) is 11.8. The number of hydrogen-bond donors (Lipinski definition) is 0. The molecule has 0 heterocycles. The van der Waals surface area contributed by atoms with Crippen LogP contribution in [0.25, 0.3) is 0 Å². The number of hydrogen-bond acceptors (Lipinski definition) is 3. The molecule has 0 saturated heterocycles. The minimum atomic E-state index is -0.396. The van der Waals surface area contributed by atoms with E-state index in [4.69, 9.17) is 4.74 Å². The van der Waals surface area contributed by atoms with E-state index in [2.05, 4.69) is 27.8 Å². The predicted octanol–water partition coefficient (Wildman–Crippen LogP) is 4.80. The Kier molecular flexibility index (Phi) is 6.55. The molecular formula is C21H19BrO3. The van der Waals surface area contributed by atoms with Crippen LogP contribution in [0.15, 0.2) is 46.9 Å². The van der Waals surface area contributed by atoms with Crippen molar-refractivity contribution in [2.75, 3.05) is 0 Å². The third kappa shape index (κ3) is 5.88. The molecule has 0 fully saturated rings. The second-order valence-corrected chi connectivity index (χ2v) is 6.79. The third-order valence-corrected chi connectivity index (χ3v) is 4.05. The van der Waals surface area contributed by atoms with Crippen LogP contribution < -0.4 is 4.74 Å². The maximum absolute atomic E-state index is 11.7. The number of carbonyl (C=O) groups excluding carboxylic acids is 2. The topological polar surface area (TPSA) is 43.4 Å². The maximum atomic E-state index is 11.7. The summed E-state index contributed by atoms with van der Waals surface area (Å²) in [6, 6.07) is 13.2. The number of ketones is 1. The molecular weight excluding hydrogens is 380 g/mol. The van der Waals surface area contributed by atoms with Gasteiger partial charge < -0.3 is 4.74 Å². The molecule has 2 aromatic carbocycles. The Morgan fingerprint density at radius 3 is 2.40 bits per heavy atom. The smallest absolute Gasteiger partial charge is 0.308 e. The van der Waals surface area contributed by atoms with Crippen molar-refractivity contribution in [3.63, 3.8) is 0 Å². The summed E-state index contributed by atoms with van der Waals surface area (Å²) in [6.07, 6.45) is 0.265. The minimum absolute atomic E-state index is 0.0328. The summed E-state index contributed by atoms with van der Waals surface area (Å²) in [4.78, 5) is 23.1. The van der Waals surface area contributed by atoms with Crippen LogP contribution in [0.3, 0.4) is 0 Å². The molecule has 0 aliphatic heterocycles. The van der Waals surface area contributed by atoms with Crippen LogP contribution in [0.2, 0.25) is 0 Å². The summed E-state index contributed by atoms with van der Waals surface area (Å²) in [5.41, 5.74) is 2.64. The molecule has 25 heavy (non-hydrogen) atoms. The first-order valence-electron chi connectivity index (χ1n) is 7.90. The van der Waals surface area contributed by atoms with E-state index in [9.17, 15) is 9.59 Å². The van der Waals surface area contributed by atoms with Gasteiger partial charge in [0.2, 0.25) is 0 Å². The molecule has 1 unspecified atom stereocenters. The van der Waals surface area contributed by atoms with Gasteiger partial charge in [0.25, 0.3) is 0 Å². The Labute approximate surface area is 156 Å². The lowest BCUT2D eigenvalue weighted by Crippen LogP contribution is -2.09. The normalized spacial score (nSPS) is 11.2. The molecule has 0 aromatic heterocycles. The molecule has 128 valence electrons. The zero-order chi connectivity index (χ0) is 18.4. The molecule has 2 rings (SSSR count). The fourth-order valence-electron chi connectivity index (χ4n) is 2.42. The van der Waals surface area contributed by atoms with Crippen molar-refractivity contribution in [1.29, 1.82) is 0 Å². The van der Waals surface area contributed by atoms with E-state index in [1.807, 2.05) is 43.3 Å². The van der Waals surface area contributed by atoms with Gasteiger partial charge in [0.15, 0.2) is 0 Å². The first kappa shape index (κ1) is 19.0. The number of halogens is 1. The maximum Gasteiger partial charge on any atom is 0.308 e. The highest BCUT2D eigenvalue weighted by atomic mass is 79.9.